The minimum absolute atomic E-state index is 0.431. The van der Waals surface area contributed by atoms with Gasteiger partial charge in [-0.05, 0) is 32.2 Å². The molecular weight excluding hydrogens is 214 g/mol. The van der Waals surface area contributed by atoms with E-state index < -0.39 is 0 Å². The number of rotatable bonds is 9. The normalized spacial score (nSPS) is 12.9. The minimum Gasteiger partial charge on any atom is -0.385 e. The third-order valence-corrected chi connectivity index (χ3v) is 2.86. The van der Waals surface area contributed by atoms with E-state index in [4.69, 9.17) is 4.74 Å². The molecule has 0 fully saturated rings. The maximum Gasteiger partial charge on any atom is 0.0537 e. The highest BCUT2D eigenvalue weighted by Crippen LogP contribution is 2.18. The first-order valence-corrected chi connectivity index (χ1v) is 6.48. The van der Waals surface area contributed by atoms with Gasteiger partial charge in [0, 0.05) is 38.6 Å². The van der Waals surface area contributed by atoms with Gasteiger partial charge in [0.1, 0.15) is 0 Å². The summed E-state index contributed by atoms with van der Waals surface area (Å²) >= 11 is 0. The fraction of sp³-hybridized carbons (Fsp3) is 0.769. The molecule has 1 rings (SSSR count). The SMILES string of the molecule is CCCNC(CCCCOC)c1cnn(C)c1. The topological polar surface area (TPSA) is 39.1 Å². The van der Waals surface area contributed by atoms with Crippen LogP contribution in [0.3, 0.4) is 0 Å². The Balaban J connectivity index is 2.42. The Morgan fingerprint density at radius 1 is 1.47 bits per heavy atom. The number of nitrogens with zero attached hydrogens (tertiary/aromatic N) is 2. The molecule has 4 nitrogen and oxygen atoms in total. The Bertz CT molecular complexity index is 299. The lowest BCUT2D eigenvalue weighted by Gasteiger charge is -2.16. The highest BCUT2D eigenvalue weighted by atomic mass is 16.5. The number of hydrogen-bond donors (Lipinski definition) is 1. The predicted octanol–water partition coefficient (Wildman–Crippen LogP) is 2.28. The second kappa shape index (κ2) is 8.25. The number of ether oxygens (including phenoxy) is 1. The molecule has 17 heavy (non-hydrogen) atoms. The van der Waals surface area contributed by atoms with E-state index in [1.54, 1.807) is 7.11 Å². The van der Waals surface area contributed by atoms with Crippen LogP contribution in [0.25, 0.3) is 0 Å². The standard InChI is InChI=1S/C13H25N3O/c1-4-8-14-13(7-5-6-9-17-3)12-10-15-16(2)11-12/h10-11,13-14H,4-9H2,1-3H3. The number of aryl methyl sites for hydroxylation is 1. The highest BCUT2D eigenvalue weighted by Gasteiger charge is 2.11. The Labute approximate surface area is 104 Å². The largest absolute Gasteiger partial charge is 0.385 e. The summed E-state index contributed by atoms with van der Waals surface area (Å²) in [5.41, 5.74) is 1.29. The number of nitrogens with one attached hydrogen (secondary N) is 1. The van der Waals surface area contributed by atoms with Gasteiger partial charge in [-0.25, -0.2) is 0 Å². The second-order valence-corrected chi connectivity index (χ2v) is 4.44. The van der Waals surface area contributed by atoms with E-state index in [9.17, 15) is 0 Å². The Morgan fingerprint density at radius 3 is 2.88 bits per heavy atom. The van der Waals surface area contributed by atoms with Gasteiger partial charge in [-0.1, -0.05) is 6.92 Å². The molecule has 1 N–H and O–H groups in total. The van der Waals surface area contributed by atoms with Crippen molar-refractivity contribution in [1.29, 1.82) is 0 Å². The first-order chi connectivity index (χ1) is 8.27. The van der Waals surface area contributed by atoms with Crippen LogP contribution in [0.1, 0.15) is 44.2 Å². The van der Waals surface area contributed by atoms with Gasteiger partial charge in [0.25, 0.3) is 0 Å². The van der Waals surface area contributed by atoms with Crippen molar-refractivity contribution in [2.75, 3.05) is 20.3 Å². The van der Waals surface area contributed by atoms with E-state index in [0.29, 0.717) is 6.04 Å². The molecule has 0 radical (unpaired) electrons. The summed E-state index contributed by atoms with van der Waals surface area (Å²) in [6, 6.07) is 0.431. The average Bonchev–Trinajstić information content (AvgIpc) is 2.75. The second-order valence-electron chi connectivity index (χ2n) is 4.44. The molecule has 0 bridgehead atoms. The lowest BCUT2D eigenvalue weighted by atomic mass is 10.0. The summed E-state index contributed by atoms with van der Waals surface area (Å²) in [5.74, 6) is 0. The van der Waals surface area contributed by atoms with E-state index in [1.807, 2.05) is 17.9 Å². The summed E-state index contributed by atoms with van der Waals surface area (Å²) in [4.78, 5) is 0. The van der Waals surface area contributed by atoms with E-state index >= 15 is 0 Å². The molecule has 0 aliphatic rings. The van der Waals surface area contributed by atoms with Gasteiger partial charge >= 0.3 is 0 Å². The van der Waals surface area contributed by atoms with Crippen molar-refractivity contribution in [2.24, 2.45) is 7.05 Å². The molecule has 1 aromatic rings. The molecule has 0 aliphatic heterocycles. The van der Waals surface area contributed by atoms with Crippen molar-refractivity contribution in [3.63, 3.8) is 0 Å². The maximum atomic E-state index is 5.08. The van der Waals surface area contributed by atoms with Gasteiger partial charge in [-0.15, -0.1) is 0 Å². The van der Waals surface area contributed by atoms with Crippen molar-refractivity contribution in [3.8, 4) is 0 Å². The van der Waals surface area contributed by atoms with Crippen molar-refractivity contribution in [2.45, 2.75) is 38.6 Å². The molecule has 0 aromatic carbocycles. The quantitative estimate of drug-likeness (QED) is 0.672. The number of unbranched alkanes of at least 4 members (excludes halogenated alkanes) is 1. The monoisotopic (exact) mass is 239 g/mol. The van der Waals surface area contributed by atoms with Gasteiger partial charge in [-0.2, -0.15) is 5.10 Å². The van der Waals surface area contributed by atoms with Crippen LogP contribution in [0, 0.1) is 0 Å². The molecule has 4 heteroatoms. The fourth-order valence-electron chi connectivity index (χ4n) is 1.92. The third kappa shape index (κ3) is 5.33. The summed E-state index contributed by atoms with van der Waals surface area (Å²) in [5, 5.41) is 7.82. The minimum atomic E-state index is 0.431. The maximum absolute atomic E-state index is 5.08. The van der Waals surface area contributed by atoms with Crippen LogP contribution in [0.2, 0.25) is 0 Å². The Hall–Kier alpha value is -0.870. The summed E-state index contributed by atoms with van der Waals surface area (Å²) in [7, 11) is 3.72. The molecule has 1 unspecified atom stereocenters. The smallest absolute Gasteiger partial charge is 0.0537 e. The summed E-state index contributed by atoms with van der Waals surface area (Å²) in [6.45, 7) is 4.11. The van der Waals surface area contributed by atoms with Crippen LogP contribution in [0.4, 0.5) is 0 Å². The van der Waals surface area contributed by atoms with E-state index in [-0.39, 0.29) is 0 Å². The van der Waals surface area contributed by atoms with Crippen LogP contribution in [0.5, 0.6) is 0 Å². The first kappa shape index (κ1) is 14.2. The number of hydrogen-bond acceptors (Lipinski definition) is 3. The molecule has 0 spiro atoms. The Morgan fingerprint density at radius 2 is 2.29 bits per heavy atom. The highest BCUT2D eigenvalue weighted by molar-refractivity contribution is 5.10. The number of methoxy groups -OCH3 is 1. The Kier molecular flexibility index (Phi) is 6.89. The molecule has 0 saturated heterocycles. The number of aromatic nitrogens is 2. The molecule has 1 aromatic heterocycles. The van der Waals surface area contributed by atoms with Crippen LogP contribution >= 0.6 is 0 Å². The van der Waals surface area contributed by atoms with Crippen molar-refractivity contribution in [1.82, 2.24) is 15.1 Å². The summed E-state index contributed by atoms with van der Waals surface area (Å²) < 4.78 is 6.94. The van der Waals surface area contributed by atoms with Crippen LogP contribution in [-0.2, 0) is 11.8 Å². The molecule has 0 aliphatic carbocycles. The molecule has 1 atom stereocenters. The van der Waals surface area contributed by atoms with Gasteiger partial charge in [0.05, 0.1) is 6.20 Å². The van der Waals surface area contributed by atoms with Crippen LogP contribution < -0.4 is 5.32 Å². The molecule has 0 saturated carbocycles. The summed E-state index contributed by atoms with van der Waals surface area (Å²) in [6.07, 6.45) is 8.68. The lowest BCUT2D eigenvalue weighted by molar-refractivity contribution is 0.191. The zero-order valence-corrected chi connectivity index (χ0v) is 11.3. The van der Waals surface area contributed by atoms with Gasteiger partial charge < -0.3 is 10.1 Å². The molecule has 1 heterocycles. The van der Waals surface area contributed by atoms with E-state index in [0.717, 1.165) is 32.4 Å². The van der Waals surface area contributed by atoms with Crippen molar-refractivity contribution in [3.05, 3.63) is 18.0 Å². The van der Waals surface area contributed by atoms with Gasteiger partial charge in [0.2, 0.25) is 0 Å². The zero-order chi connectivity index (χ0) is 12.5. The van der Waals surface area contributed by atoms with E-state index in [1.165, 1.54) is 12.0 Å². The lowest BCUT2D eigenvalue weighted by Crippen LogP contribution is -2.21. The fourth-order valence-corrected chi connectivity index (χ4v) is 1.92. The zero-order valence-electron chi connectivity index (χ0n) is 11.3. The van der Waals surface area contributed by atoms with Crippen molar-refractivity contribution < 1.29 is 4.74 Å². The molecule has 0 amide bonds. The van der Waals surface area contributed by atoms with Crippen molar-refractivity contribution >= 4 is 0 Å². The average molecular weight is 239 g/mol. The predicted molar refractivity (Wildman–Crippen MR) is 70.0 cm³/mol. The van der Waals surface area contributed by atoms with Crippen LogP contribution in [0.15, 0.2) is 12.4 Å². The van der Waals surface area contributed by atoms with Gasteiger partial charge in [-0.3, -0.25) is 4.68 Å². The van der Waals surface area contributed by atoms with Gasteiger partial charge in [0.15, 0.2) is 0 Å². The van der Waals surface area contributed by atoms with E-state index in [2.05, 4.69) is 23.5 Å². The first-order valence-electron chi connectivity index (χ1n) is 6.48. The third-order valence-electron chi connectivity index (χ3n) is 2.86. The van der Waals surface area contributed by atoms with Crippen LogP contribution in [-0.4, -0.2) is 30.0 Å². The molecular formula is C13H25N3O. The molecule has 98 valence electrons.